The molecule has 9 aromatic rings. The van der Waals surface area contributed by atoms with Crippen molar-refractivity contribution in [3.05, 3.63) is 181 Å². The lowest BCUT2D eigenvalue weighted by atomic mass is 9.88. The fraction of sp³-hybridized carbons (Fsp3) is 0. The zero-order valence-corrected chi connectivity index (χ0v) is 27.9. The van der Waals surface area contributed by atoms with E-state index in [0.29, 0.717) is 0 Å². The van der Waals surface area contributed by atoms with Crippen molar-refractivity contribution < 1.29 is 0 Å². The highest BCUT2D eigenvalue weighted by atomic mass is 32.2. The van der Waals surface area contributed by atoms with Gasteiger partial charge >= 0.3 is 0 Å². The summed E-state index contributed by atoms with van der Waals surface area (Å²) >= 11 is 1.84. The highest BCUT2D eigenvalue weighted by Crippen LogP contribution is 2.49. The molecule has 1 aromatic heterocycles. The molecule has 0 saturated carbocycles. The fourth-order valence-electron chi connectivity index (χ4n) is 7.68. The van der Waals surface area contributed by atoms with Crippen LogP contribution < -0.4 is 4.90 Å². The second-order valence-corrected chi connectivity index (χ2v) is 13.8. The van der Waals surface area contributed by atoms with E-state index in [9.17, 15) is 0 Å². The average molecular weight is 655 g/mol. The third-order valence-corrected chi connectivity index (χ3v) is 11.0. The molecule has 0 spiro atoms. The van der Waals surface area contributed by atoms with Gasteiger partial charge in [0.2, 0.25) is 0 Å². The van der Waals surface area contributed by atoms with Crippen LogP contribution in [0.1, 0.15) is 11.1 Å². The van der Waals surface area contributed by atoms with Crippen molar-refractivity contribution in [3.63, 3.8) is 0 Å². The van der Waals surface area contributed by atoms with Crippen LogP contribution in [0.3, 0.4) is 0 Å². The van der Waals surface area contributed by atoms with Crippen molar-refractivity contribution in [1.29, 1.82) is 0 Å². The van der Waals surface area contributed by atoms with Crippen molar-refractivity contribution in [2.75, 3.05) is 4.90 Å². The lowest BCUT2D eigenvalue weighted by molar-refractivity contribution is 1.25. The molecule has 0 atom stereocenters. The minimum absolute atomic E-state index is 1.14. The zero-order valence-electron chi connectivity index (χ0n) is 27.1. The van der Waals surface area contributed by atoms with Crippen molar-refractivity contribution in [2.45, 2.75) is 9.79 Å². The van der Waals surface area contributed by atoms with Gasteiger partial charge in [0.05, 0.1) is 11.4 Å². The third-order valence-electron chi connectivity index (χ3n) is 9.91. The molecule has 1 aliphatic rings. The molecule has 2 nitrogen and oxygen atoms in total. The fourth-order valence-corrected chi connectivity index (χ4v) is 8.80. The van der Waals surface area contributed by atoms with Gasteiger partial charge in [-0.1, -0.05) is 139 Å². The van der Waals surface area contributed by atoms with E-state index in [0.717, 1.165) is 16.8 Å². The quantitative estimate of drug-likeness (QED) is 0.139. The van der Waals surface area contributed by atoms with E-state index in [1.807, 2.05) is 18.0 Å². The SMILES string of the molecule is C1=Cc2ccc(Sc3c4ccccc4c(-c4cc5ccccc5c5ccccc45)c4cnccc34)cc2N(c2ccccc2)c2ccccc21. The number of rotatable bonds is 4. The summed E-state index contributed by atoms with van der Waals surface area (Å²) in [5.41, 5.74) is 8.32. The lowest BCUT2D eigenvalue weighted by Crippen LogP contribution is -2.11. The van der Waals surface area contributed by atoms with Gasteiger partial charge in [-0.05, 0) is 102 Å². The minimum atomic E-state index is 1.14. The number of nitrogens with zero attached hydrogens (tertiary/aromatic N) is 2. The molecule has 234 valence electrons. The molecule has 0 fully saturated rings. The topological polar surface area (TPSA) is 16.1 Å². The number of pyridine rings is 1. The molecule has 0 aliphatic carbocycles. The summed E-state index contributed by atoms with van der Waals surface area (Å²) in [7, 11) is 0. The Kier molecular flexibility index (Phi) is 6.78. The molecule has 2 heterocycles. The summed E-state index contributed by atoms with van der Waals surface area (Å²) in [4.78, 5) is 9.52. The molecule has 0 saturated heterocycles. The lowest BCUT2D eigenvalue weighted by Gasteiger charge is -2.27. The van der Waals surface area contributed by atoms with Crippen molar-refractivity contribution in [2.24, 2.45) is 0 Å². The van der Waals surface area contributed by atoms with E-state index in [-0.39, 0.29) is 0 Å². The van der Waals surface area contributed by atoms with E-state index in [2.05, 4.69) is 181 Å². The van der Waals surface area contributed by atoms with Crippen LogP contribution in [0.2, 0.25) is 0 Å². The van der Waals surface area contributed by atoms with E-state index in [1.54, 1.807) is 0 Å². The smallest absolute Gasteiger partial charge is 0.0545 e. The molecule has 0 amide bonds. The number of fused-ring (bicyclic) bond motifs is 7. The summed E-state index contributed by atoms with van der Waals surface area (Å²) in [5, 5.41) is 9.87. The summed E-state index contributed by atoms with van der Waals surface area (Å²) < 4.78 is 0. The van der Waals surface area contributed by atoms with Gasteiger partial charge in [0, 0.05) is 33.3 Å². The number of benzene rings is 8. The predicted molar refractivity (Wildman–Crippen MR) is 214 cm³/mol. The van der Waals surface area contributed by atoms with E-state index in [1.165, 1.54) is 75.4 Å². The van der Waals surface area contributed by atoms with Crippen molar-refractivity contribution in [1.82, 2.24) is 4.98 Å². The first kappa shape index (κ1) is 28.8. The first-order valence-corrected chi connectivity index (χ1v) is 17.8. The van der Waals surface area contributed by atoms with Crippen LogP contribution >= 0.6 is 11.8 Å². The van der Waals surface area contributed by atoms with Crippen LogP contribution in [0.25, 0.3) is 66.4 Å². The molecule has 3 heteroatoms. The van der Waals surface area contributed by atoms with Crippen LogP contribution in [-0.2, 0) is 0 Å². The largest absolute Gasteiger partial charge is 0.309 e. The minimum Gasteiger partial charge on any atom is -0.309 e. The molecule has 0 unspecified atom stereocenters. The molecule has 8 aromatic carbocycles. The Bertz CT molecular complexity index is 2740. The number of para-hydroxylation sites is 2. The first-order valence-electron chi connectivity index (χ1n) is 17.0. The highest BCUT2D eigenvalue weighted by Gasteiger charge is 2.22. The molecular formula is C47H30N2S. The summed E-state index contributed by atoms with van der Waals surface area (Å²) in [5.74, 6) is 0. The van der Waals surface area contributed by atoms with E-state index in [4.69, 9.17) is 4.98 Å². The maximum Gasteiger partial charge on any atom is 0.0545 e. The summed E-state index contributed by atoms with van der Waals surface area (Å²) in [6.45, 7) is 0. The highest BCUT2D eigenvalue weighted by molar-refractivity contribution is 7.99. The second kappa shape index (κ2) is 11.8. The van der Waals surface area contributed by atoms with Gasteiger partial charge in [0.25, 0.3) is 0 Å². The zero-order chi connectivity index (χ0) is 33.0. The Balaban J connectivity index is 1.20. The number of anilines is 3. The van der Waals surface area contributed by atoms with Crippen LogP contribution in [-0.4, -0.2) is 4.98 Å². The normalized spacial score (nSPS) is 12.4. The summed E-state index contributed by atoms with van der Waals surface area (Å²) in [6, 6.07) is 57.2. The van der Waals surface area contributed by atoms with Gasteiger partial charge in [-0.15, -0.1) is 0 Å². The Hall–Kier alpha value is -6.16. The molecular weight excluding hydrogens is 625 g/mol. The Labute approximate surface area is 295 Å². The standard InChI is InChI=1S/C47H30N2S/c1-2-14-34(15-3-1)49-44-21-11-5-12-31(44)22-23-32-24-25-35(29-45(32)49)50-47-40-20-10-9-19-39(40)46(43-30-48-27-26-41(43)47)42-28-33-13-4-6-16-36(33)37-17-7-8-18-38(37)42/h1-30H. The Morgan fingerprint density at radius 3 is 1.98 bits per heavy atom. The number of aromatic nitrogens is 1. The Morgan fingerprint density at radius 2 is 1.12 bits per heavy atom. The summed E-state index contributed by atoms with van der Waals surface area (Å²) in [6.07, 6.45) is 8.46. The maximum absolute atomic E-state index is 4.71. The van der Waals surface area contributed by atoms with Gasteiger partial charge < -0.3 is 4.90 Å². The monoisotopic (exact) mass is 654 g/mol. The van der Waals surface area contributed by atoms with Gasteiger partial charge in [-0.25, -0.2) is 0 Å². The number of hydrogen-bond donors (Lipinski definition) is 0. The third kappa shape index (κ3) is 4.62. The molecule has 0 radical (unpaired) electrons. The van der Waals surface area contributed by atoms with Crippen LogP contribution in [0, 0.1) is 0 Å². The van der Waals surface area contributed by atoms with Gasteiger partial charge in [-0.2, -0.15) is 0 Å². The molecule has 10 rings (SSSR count). The van der Waals surface area contributed by atoms with Crippen LogP contribution in [0.15, 0.2) is 180 Å². The van der Waals surface area contributed by atoms with Crippen LogP contribution in [0.5, 0.6) is 0 Å². The van der Waals surface area contributed by atoms with Crippen molar-refractivity contribution in [3.8, 4) is 11.1 Å². The van der Waals surface area contributed by atoms with Crippen molar-refractivity contribution >= 4 is 84.1 Å². The molecule has 50 heavy (non-hydrogen) atoms. The maximum atomic E-state index is 4.71. The predicted octanol–water partition coefficient (Wildman–Crippen LogP) is 13.5. The van der Waals surface area contributed by atoms with E-state index < -0.39 is 0 Å². The average Bonchev–Trinajstić information content (AvgIpc) is 3.35. The van der Waals surface area contributed by atoms with Gasteiger partial charge in [0.1, 0.15) is 0 Å². The Morgan fingerprint density at radius 1 is 0.460 bits per heavy atom. The molecule has 1 aliphatic heterocycles. The van der Waals surface area contributed by atoms with E-state index >= 15 is 0 Å². The number of hydrogen-bond acceptors (Lipinski definition) is 3. The molecule has 0 N–H and O–H groups in total. The van der Waals surface area contributed by atoms with Gasteiger partial charge in [0.15, 0.2) is 0 Å². The molecule has 0 bridgehead atoms. The van der Waals surface area contributed by atoms with Gasteiger partial charge in [-0.3, -0.25) is 4.98 Å². The van der Waals surface area contributed by atoms with Crippen LogP contribution in [0.4, 0.5) is 17.1 Å². The second-order valence-electron chi connectivity index (χ2n) is 12.7. The first-order chi connectivity index (χ1) is 24.8.